The van der Waals surface area contributed by atoms with Crippen LogP contribution in [-0.4, -0.2) is 12.5 Å². The van der Waals surface area contributed by atoms with E-state index in [0.717, 1.165) is 25.8 Å². The van der Waals surface area contributed by atoms with Crippen LogP contribution in [0.2, 0.25) is 0 Å². The van der Waals surface area contributed by atoms with Crippen molar-refractivity contribution in [2.75, 3.05) is 6.54 Å². The number of hydrogen-bond donors (Lipinski definition) is 1. The highest BCUT2D eigenvalue weighted by molar-refractivity contribution is 5.72. The maximum absolute atomic E-state index is 10.5. The van der Waals surface area contributed by atoms with Gasteiger partial charge in [0.05, 0.1) is 0 Å². The summed E-state index contributed by atoms with van der Waals surface area (Å²) in [6, 6.07) is 0. The van der Waals surface area contributed by atoms with Crippen molar-refractivity contribution < 1.29 is 4.79 Å². The van der Waals surface area contributed by atoms with E-state index in [1.807, 2.05) is 6.08 Å². The van der Waals surface area contributed by atoms with Crippen molar-refractivity contribution >= 4 is 5.91 Å². The zero-order valence-electron chi connectivity index (χ0n) is 8.10. The topological polar surface area (TPSA) is 29.1 Å². The lowest BCUT2D eigenvalue weighted by atomic mass is 10.0. The second kappa shape index (κ2) is 6.89. The molecule has 0 aliphatic carbocycles. The Labute approximate surface area is 75.0 Å². The van der Waals surface area contributed by atoms with Gasteiger partial charge < -0.3 is 5.32 Å². The number of carbonyl (C=O) groups excluding carboxylic acids is 1. The Bertz CT molecular complexity index is 143. The molecule has 0 fully saturated rings. The van der Waals surface area contributed by atoms with E-state index in [0.29, 0.717) is 5.92 Å². The van der Waals surface area contributed by atoms with Crippen LogP contribution in [0.25, 0.3) is 0 Å². The Balaban J connectivity index is 3.18. The average molecular weight is 169 g/mol. The highest BCUT2D eigenvalue weighted by Crippen LogP contribution is 2.09. The van der Waals surface area contributed by atoms with E-state index in [-0.39, 0.29) is 5.91 Å². The number of carbonyl (C=O) groups is 1. The predicted molar refractivity (Wildman–Crippen MR) is 51.9 cm³/mol. The van der Waals surface area contributed by atoms with Crippen LogP contribution in [0.4, 0.5) is 0 Å². The molecule has 0 heterocycles. The van der Waals surface area contributed by atoms with Crippen LogP contribution in [-0.2, 0) is 4.79 Å². The minimum absolute atomic E-state index is 0.0615. The Morgan fingerprint density at radius 3 is 2.83 bits per heavy atom. The summed E-state index contributed by atoms with van der Waals surface area (Å²) in [6.07, 6.45) is 5.24. The van der Waals surface area contributed by atoms with Gasteiger partial charge in [0.25, 0.3) is 0 Å². The van der Waals surface area contributed by atoms with Gasteiger partial charge in [0.15, 0.2) is 0 Å². The summed E-state index contributed by atoms with van der Waals surface area (Å²) in [6.45, 7) is 8.24. The Morgan fingerprint density at radius 2 is 2.33 bits per heavy atom. The molecule has 0 aromatic carbocycles. The second-order valence-electron chi connectivity index (χ2n) is 3.25. The van der Waals surface area contributed by atoms with Crippen molar-refractivity contribution in [2.24, 2.45) is 5.92 Å². The van der Waals surface area contributed by atoms with E-state index in [1.54, 1.807) is 6.92 Å². The third kappa shape index (κ3) is 7.32. The van der Waals surface area contributed by atoms with Crippen molar-refractivity contribution in [1.29, 1.82) is 0 Å². The Morgan fingerprint density at radius 1 is 1.67 bits per heavy atom. The minimum Gasteiger partial charge on any atom is -0.356 e. The lowest BCUT2D eigenvalue weighted by molar-refractivity contribution is -0.118. The minimum atomic E-state index is 0.0615. The van der Waals surface area contributed by atoms with E-state index in [4.69, 9.17) is 0 Å². The van der Waals surface area contributed by atoms with Gasteiger partial charge in [-0.2, -0.15) is 0 Å². The number of amides is 1. The van der Waals surface area contributed by atoms with Crippen molar-refractivity contribution in [1.82, 2.24) is 5.32 Å². The lowest BCUT2D eigenvalue weighted by Crippen LogP contribution is -2.21. The molecule has 2 nitrogen and oxygen atoms in total. The molecule has 1 unspecified atom stereocenters. The van der Waals surface area contributed by atoms with E-state index >= 15 is 0 Å². The van der Waals surface area contributed by atoms with Gasteiger partial charge in [-0.05, 0) is 25.2 Å². The molecule has 0 saturated heterocycles. The molecule has 0 saturated carbocycles. The lowest BCUT2D eigenvalue weighted by Gasteiger charge is -2.07. The van der Waals surface area contributed by atoms with Gasteiger partial charge in [-0.25, -0.2) is 0 Å². The normalized spacial score (nSPS) is 12.2. The van der Waals surface area contributed by atoms with Crippen molar-refractivity contribution in [3.05, 3.63) is 12.7 Å². The molecule has 0 radical (unpaired) electrons. The van der Waals surface area contributed by atoms with E-state index in [2.05, 4.69) is 18.8 Å². The second-order valence-corrected chi connectivity index (χ2v) is 3.25. The van der Waals surface area contributed by atoms with Gasteiger partial charge in [0.1, 0.15) is 0 Å². The predicted octanol–water partition coefficient (Wildman–Crippen LogP) is 2.11. The van der Waals surface area contributed by atoms with Crippen LogP contribution in [0.15, 0.2) is 12.7 Å². The largest absolute Gasteiger partial charge is 0.356 e. The van der Waals surface area contributed by atoms with Gasteiger partial charge >= 0.3 is 0 Å². The fraction of sp³-hybridized carbons (Fsp3) is 0.700. The first kappa shape index (κ1) is 11.2. The summed E-state index contributed by atoms with van der Waals surface area (Å²) in [4.78, 5) is 10.5. The zero-order chi connectivity index (χ0) is 9.40. The maximum Gasteiger partial charge on any atom is 0.216 e. The first-order valence-electron chi connectivity index (χ1n) is 4.52. The molecule has 0 rings (SSSR count). The molecule has 0 aromatic rings. The van der Waals surface area contributed by atoms with Gasteiger partial charge in [0.2, 0.25) is 5.91 Å². The summed E-state index contributed by atoms with van der Waals surface area (Å²) in [5.74, 6) is 0.752. The van der Waals surface area contributed by atoms with Crippen molar-refractivity contribution in [3.63, 3.8) is 0 Å². The third-order valence-electron chi connectivity index (χ3n) is 1.82. The fourth-order valence-corrected chi connectivity index (χ4v) is 1.12. The fourth-order valence-electron chi connectivity index (χ4n) is 1.12. The Hall–Kier alpha value is -0.790. The molecule has 0 aliphatic heterocycles. The molecular formula is C10H19NO. The SMILES string of the molecule is C=CCC(C)CCCNC(C)=O. The molecule has 1 N–H and O–H groups in total. The van der Waals surface area contributed by atoms with Crippen LogP contribution in [0.3, 0.4) is 0 Å². The maximum atomic E-state index is 10.5. The van der Waals surface area contributed by atoms with Crippen LogP contribution in [0.1, 0.15) is 33.1 Å². The standard InChI is InChI=1S/C10H19NO/c1-4-6-9(2)7-5-8-11-10(3)12/h4,9H,1,5-8H2,2-3H3,(H,11,12). The Kier molecular flexibility index (Phi) is 6.44. The molecule has 1 atom stereocenters. The summed E-state index contributed by atoms with van der Waals surface area (Å²) >= 11 is 0. The monoisotopic (exact) mass is 169 g/mol. The molecule has 0 aliphatic rings. The van der Waals surface area contributed by atoms with Gasteiger partial charge in [0, 0.05) is 13.5 Å². The third-order valence-corrected chi connectivity index (χ3v) is 1.82. The summed E-state index contributed by atoms with van der Waals surface area (Å²) < 4.78 is 0. The van der Waals surface area contributed by atoms with Gasteiger partial charge in [-0.1, -0.05) is 13.0 Å². The average Bonchev–Trinajstić information content (AvgIpc) is 1.98. The van der Waals surface area contributed by atoms with Crippen LogP contribution < -0.4 is 5.32 Å². The highest BCUT2D eigenvalue weighted by Gasteiger charge is 1.98. The smallest absolute Gasteiger partial charge is 0.216 e. The number of nitrogens with one attached hydrogen (secondary N) is 1. The van der Waals surface area contributed by atoms with Crippen molar-refractivity contribution in [3.8, 4) is 0 Å². The quantitative estimate of drug-likeness (QED) is 0.479. The van der Waals surface area contributed by atoms with E-state index < -0.39 is 0 Å². The number of allylic oxidation sites excluding steroid dienone is 1. The molecule has 70 valence electrons. The molecule has 2 heteroatoms. The highest BCUT2D eigenvalue weighted by atomic mass is 16.1. The molecule has 0 spiro atoms. The molecule has 1 amide bonds. The number of rotatable bonds is 6. The summed E-state index contributed by atoms with van der Waals surface area (Å²) in [5.41, 5.74) is 0. The first-order valence-corrected chi connectivity index (χ1v) is 4.52. The van der Waals surface area contributed by atoms with Crippen LogP contribution in [0, 0.1) is 5.92 Å². The zero-order valence-corrected chi connectivity index (χ0v) is 8.10. The van der Waals surface area contributed by atoms with E-state index in [9.17, 15) is 4.79 Å². The first-order chi connectivity index (χ1) is 5.66. The molecule has 0 bridgehead atoms. The molecular weight excluding hydrogens is 150 g/mol. The van der Waals surface area contributed by atoms with Gasteiger partial charge in [-0.3, -0.25) is 4.79 Å². The molecule has 12 heavy (non-hydrogen) atoms. The van der Waals surface area contributed by atoms with Crippen LogP contribution >= 0.6 is 0 Å². The summed E-state index contributed by atoms with van der Waals surface area (Å²) in [5, 5.41) is 2.78. The van der Waals surface area contributed by atoms with Crippen molar-refractivity contribution in [2.45, 2.75) is 33.1 Å². The van der Waals surface area contributed by atoms with E-state index in [1.165, 1.54) is 0 Å². The van der Waals surface area contributed by atoms with Crippen LogP contribution in [0.5, 0.6) is 0 Å². The number of hydrogen-bond acceptors (Lipinski definition) is 1. The molecule has 0 aromatic heterocycles. The van der Waals surface area contributed by atoms with Gasteiger partial charge in [-0.15, -0.1) is 6.58 Å². The summed E-state index contributed by atoms with van der Waals surface area (Å²) in [7, 11) is 0.